The van der Waals surface area contributed by atoms with Crippen molar-refractivity contribution in [3.05, 3.63) is 64.6 Å². The van der Waals surface area contributed by atoms with Crippen LogP contribution in [0.3, 0.4) is 0 Å². The first kappa shape index (κ1) is 25.7. The number of nitrogens with one attached hydrogen (secondary N) is 1. The van der Waals surface area contributed by atoms with E-state index in [4.69, 9.17) is 20.4 Å². The van der Waals surface area contributed by atoms with E-state index in [1.165, 1.54) is 17.4 Å². The fourth-order valence-corrected chi connectivity index (χ4v) is 2.97. The van der Waals surface area contributed by atoms with E-state index in [-0.39, 0.29) is 36.6 Å². The first-order valence-electron chi connectivity index (χ1n) is 9.80. The summed E-state index contributed by atoms with van der Waals surface area (Å²) in [6, 6.07) is 5.25. The van der Waals surface area contributed by atoms with Crippen LogP contribution in [0.15, 0.2) is 30.5 Å². The van der Waals surface area contributed by atoms with Crippen LogP contribution in [-0.2, 0) is 11.4 Å². The molecule has 0 aliphatic carbocycles. The van der Waals surface area contributed by atoms with Crippen LogP contribution in [0.2, 0.25) is 0 Å². The van der Waals surface area contributed by atoms with Gasteiger partial charge in [0.15, 0.2) is 11.4 Å². The minimum Gasteiger partial charge on any atom is -0.485 e. The van der Waals surface area contributed by atoms with E-state index in [1.807, 2.05) is 0 Å². The summed E-state index contributed by atoms with van der Waals surface area (Å²) in [5.41, 5.74) is 6.08. The average molecular weight is 466 g/mol. The van der Waals surface area contributed by atoms with Gasteiger partial charge < -0.3 is 20.9 Å². The van der Waals surface area contributed by atoms with Gasteiger partial charge in [0.25, 0.3) is 12.4 Å². The lowest BCUT2D eigenvalue weighted by atomic mass is 10.1. The van der Waals surface area contributed by atoms with Gasteiger partial charge in [-0.25, -0.2) is 18.2 Å². The Kier molecular flexibility index (Phi) is 8.41. The number of fused-ring (bicyclic) bond motifs is 1. The van der Waals surface area contributed by atoms with Gasteiger partial charge in [0.05, 0.1) is 16.8 Å². The zero-order valence-electron chi connectivity index (χ0n) is 18.4. The minimum absolute atomic E-state index is 0.0588. The Bertz CT molecular complexity index is 1130. The Hall–Kier alpha value is -3.60. The summed E-state index contributed by atoms with van der Waals surface area (Å²) in [5, 5.41) is 9.51. The number of hydrogen-bond donors (Lipinski definition) is 3. The molecule has 0 bridgehead atoms. The van der Waals surface area contributed by atoms with E-state index in [0.29, 0.717) is 11.3 Å². The largest absolute Gasteiger partial charge is 0.485 e. The van der Waals surface area contributed by atoms with Crippen molar-refractivity contribution < 1.29 is 32.6 Å². The normalized spacial score (nSPS) is 12.5. The fourth-order valence-electron chi connectivity index (χ4n) is 2.97. The van der Waals surface area contributed by atoms with Gasteiger partial charge in [-0.05, 0) is 44.5 Å². The maximum Gasteiger partial charge on any atom is 0.290 e. The number of rotatable bonds is 7. The van der Waals surface area contributed by atoms with Crippen molar-refractivity contribution in [3.63, 3.8) is 0 Å². The Morgan fingerprint density at radius 1 is 1.33 bits per heavy atom. The molecule has 4 N–H and O–H groups in total. The molecule has 11 heteroatoms. The molecule has 2 aromatic heterocycles. The summed E-state index contributed by atoms with van der Waals surface area (Å²) in [6.45, 7) is 3.49. The number of amides is 1. The van der Waals surface area contributed by atoms with Crippen molar-refractivity contribution in [2.24, 2.45) is 5.73 Å². The SMILES string of the molecule is Cc1cc(OCc2c(F)cccc2F)c2nc(C)c(C(=O)NCC(C)(N)CF)n2c1.O=CO. The van der Waals surface area contributed by atoms with Gasteiger partial charge in [-0.3, -0.25) is 14.0 Å². The molecule has 0 fully saturated rings. The lowest BCUT2D eigenvalue weighted by molar-refractivity contribution is -0.122. The Labute approximate surface area is 188 Å². The summed E-state index contributed by atoms with van der Waals surface area (Å²) in [5.74, 6) is -1.62. The third-order valence-electron chi connectivity index (χ3n) is 4.60. The van der Waals surface area contributed by atoms with Crippen LogP contribution in [0.25, 0.3) is 5.65 Å². The van der Waals surface area contributed by atoms with Crippen molar-refractivity contribution in [1.29, 1.82) is 0 Å². The third-order valence-corrected chi connectivity index (χ3v) is 4.60. The maximum atomic E-state index is 13.9. The second-order valence-corrected chi connectivity index (χ2v) is 7.69. The van der Waals surface area contributed by atoms with Crippen LogP contribution in [0, 0.1) is 25.5 Å². The number of hydrogen-bond acceptors (Lipinski definition) is 5. The van der Waals surface area contributed by atoms with Crippen LogP contribution < -0.4 is 15.8 Å². The number of ether oxygens (including phenoxy) is 1. The van der Waals surface area contributed by atoms with Crippen LogP contribution in [0.1, 0.15) is 34.2 Å². The van der Waals surface area contributed by atoms with Gasteiger partial charge in [0.1, 0.15) is 30.6 Å². The molecule has 0 aliphatic rings. The number of halogens is 3. The first-order chi connectivity index (χ1) is 15.5. The number of nitrogens with zero attached hydrogens (tertiary/aromatic N) is 2. The summed E-state index contributed by atoms with van der Waals surface area (Å²) in [6.07, 6.45) is 1.69. The van der Waals surface area contributed by atoms with Crippen molar-refractivity contribution >= 4 is 18.0 Å². The summed E-state index contributed by atoms with van der Waals surface area (Å²) < 4.78 is 47.9. The van der Waals surface area contributed by atoms with E-state index >= 15 is 0 Å². The lowest BCUT2D eigenvalue weighted by Gasteiger charge is -2.20. The van der Waals surface area contributed by atoms with Crippen molar-refractivity contribution in [2.45, 2.75) is 32.9 Å². The molecule has 0 radical (unpaired) electrons. The number of aromatic nitrogens is 2. The van der Waals surface area contributed by atoms with E-state index in [0.717, 1.165) is 17.7 Å². The smallest absolute Gasteiger partial charge is 0.290 e. The predicted octanol–water partition coefficient (Wildman–Crippen LogP) is 2.93. The highest BCUT2D eigenvalue weighted by Gasteiger charge is 2.23. The van der Waals surface area contributed by atoms with Crippen LogP contribution >= 0.6 is 0 Å². The van der Waals surface area contributed by atoms with Gasteiger partial charge in [0, 0.05) is 12.7 Å². The van der Waals surface area contributed by atoms with E-state index in [1.54, 1.807) is 26.1 Å². The lowest BCUT2D eigenvalue weighted by Crippen LogP contribution is -2.49. The third kappa shape index (κ3) is 6.22. The monoisotopic (exact) mass is 466 g/mol. The Balaban J connectivity index is 0.00000122. The van der Waals surface area contributed by atoms with E-state index in [2.05, 4.69) is 10.3 Å². The number of carbonyl (C=O) groups excluding carboxylic acids is 1. The molecular weight excluding hydrogens is 441 g/mol. The van der Waals surface area contributed by atoms with Gasteiger partial charge >= 0.3 is 0 Å². The van der Waals surface area contributed by atoms with Crippen molar-refractivity contribution in [2.75, 3.05) is 13.2 Å². The number of pyridine rings is 1. The predicted molar refractivity (Wildman–Crippen MR) is 115 cm³/mol. The molecule has 8 nitrogen and oxygen atoms in total. The molecule has 1 atom stereocenters. The van der Waals surface area contributed by atoms with Crippen LogP contribution in [0.4, 0.5) is 13.2 Å². The first-order valence-corrected chi connectivity index (χ1v) is 9.80. The number of carbonyl (C=O) groups is 2. The number of nitrogens with two attached hydrogens (primary N) is 1. The number of alkyl halides is 1. The number of imidazole rings is 1. The average Bonchev–Trinajstić information content (AvgIpc) is 3.08. The highest BCUT2D eigenvalue weighted by Crippen LogP contribution is 2.26. The van der Waals surface area contributed by atoms with Crippen molar-refractivity contribution in [1.82, 2.24) is 14.7 Å². The molecule has 0 spiro atoms. The minimum atomic E-state index is -1.18. The number of carboxylic acid groups (broad SMARTS) is 1. The molecule has 0 aliphatic heterocycles. The van der Waals surface area contributed by atoms with E-state index in [9.17, 15) is 18.0 Å². The summed E-state index contributed by atoms with van der Waals surface area (Å²) >= 11 is 0. The quantitative estimate of drug-likeness (QED) is 0.461. The molecular formula is C22H25F3N4O4. The Morgan fingerprint density at radius 3 is 2.52 bits per heavy atom. The number of benzene rings is 1. The maximum absolute atomic E-state index is 13.9. The van der Waals surface area contributed by atoms with Gasteiger partial charge in [-0.15, -0.1) is 0 Å². The molecule has 2 heterocycles. The molecule has 1 amide bonds. The zero-order valence-corrected chi connectivity index (χ0v) is 18.4. The standard InChI is InChI=1S/C21H23F3N4O2.CH2O2/c1-12-7-17(30-9-14-15(23)5-4-6-16(14)24)19-27-13(2)18(28(19)8-12)20(29)26-11-21(3,25)10-22;2-1-3/h4-8H,9-11,25H2,1-3H3,(H,26,29);1H,(H,2,3). The number of aryl methyl sites for hydroxylation is 2. The molecule has 0 saturated carbocycles. The summed E-state index contributed by atoms with van der Waals surface area (Å²) in [4.78, 5) is 25.4. The van der Waals surface area contributed by atoms with Crippen LogP contribution in [-0.4, -0.2) is 45.6 Å². The molecule has 1 aromatic carbocycles. The molecule has 1 unspecified atom stereocenters. The second-order valence-electron chi connectivity index (χ2n) is 7.69. The second kappa shape index (κ2) is 10.8. The highest BCUT2D eigenvalue weighted by atomic mass is 19.1. The van der Waals surface area contributed by atoms with Gasteiger partial charge in [0.2, 0.25) is 0 Å². The van der Waals surface area contributed by atoms with Gasteiger partial charge in [-0.1, -0.05) is 6.07 Å². The van der Waals surface area contributed by atoms with E-state index < -0.39 is 29.8 Å². The topological polar surface area (TPSA) is 119 Å². The molecule has 3 rings (SSSR count). The van der Waals surface area contributed by atoms with Crippen LogP contribution in [0.5, 0.6) is 5.75 Å². The molecule has 3 aromatic rings. The Morgan fingerprint density at radius 2 is 1.94 bits per heavy atom. The van der Waals surface area contributed by atoms with Crippen molar-refractivity contribution in [3.8, 4) is 5.75 Å². The molecule has 33 heavy (non-hydrogen) atoms. The van der Waals surface area contributed by atoms with Gasteiger partial charge in [-0.2, -0.15) is 0 Å². The molecule has 0 saturated heterocycles. The zero-order chi connectivity index (χ0) is 24.8. The summed E-state index contributed by atoms with van der Waals surface area (Å²) in [7, 11) is 0. The fraction of sp³-hybridized carbons (Fsp3) is 0.318. The highest BCUT2D eigenvalue weighted by molar-refractivity contribution is 5.95. The molecule has 178 valence electrons.